The number of hydrogen-bond acceptors (Lipinski definition) is 3. The molecule has 2 fully saturated rings. The lowest BCUT2D eigenvalue weighted by atomic mass is 10.0. The fraction of sp³-hybridized carbons (Fsp3) is 0.929. The normalized spacial score (nSPS) is 29.8. The van der Waals surface area contributed by atoms with Gasteiger partial charge in [-0.1, -0.05) is 0 Å². The molecule has 2 aliphatic heterocycles. The molecule has 0 saturated carbocycles. The molecule has 0 aromatic heterocycles. The maximum Gasteiger partial charge on any atom is 0.222 e. The van der Waals surface area contributed by atoms with E-state index in [-0.39, 0.29) is 12.1 Å². The van der Waals surface area contributed by atoms with E-state index in [4.69, 9.17) is 0 Å². The monoisotopic (exact) mass is 254 g/mol. The minimum atomic E-state index is -0.303. The first-order chi connectivity index (χ1) is 8.66. The highest BCUT2D eigenvalue weighted by atomic mass is 16.3. The van der Waals surface area contributed by atoms with Crippen molar-refractivity contribution in [2.24, 2.45) is 5.92 Å². The molecule has 2 heterocycles. The second-order valence-electron chi connectivity index (χ2n) is 5.87. The smallest absolute Gasteiger partial charge is 0.222 e. The van der Waals surface area contributed by atoms with Crippen LogP contribution in [0.2, 0.25) is 0 Å². The van der Waals surface area contributed by atoms with E-state index < -0.39 is 0 Å². The van der Waals surface area contributed by atoms with Crippen LogP contribution in [0, 0.1) is 5.92 Å². The van der Waals surface area contributed by atoms with E-state index in [0.29, 0.717) is 18.2 Å². The zero-order chi connectivity index (χ0) is 13.0. The molecule has 2 aliphatic rings. The van der Waals surface area contributed by atoms with Gasteiger partial charge in [0.05, 0.1) is 6.10 Å². The third-order valence-electron chi connectivity index (χ3n) is 4.24. The van der Waals surface area contributed by atoms with Crippen LogP contribution in [0.25, 0.3) is 0 Å². The Kier molecular flexibility index (Phi) is 5.01. The molecule has 0 aromatic rings. The summed E-state index contributed by atoms with van der Waals surface area (Å²) >= 11 is 0. The summed E-state index contributed by atoms with van der Waals surface area (Å²) in [5, 5.41) is 12.8. The van der Waals surface area contributed by atoms with Crippen LogP contribution in [0.5, 0.6) is 0 Å². The summed E-state index contributed by atoms with van der Waals surface area (Å²) in [5.74, 6) is 0.983. The topological polar surface area (TPSA) is 52.6 Å². The van der Waals surface area contributed by atoms with Gasteiger partial charge in [0.1, 0.15) is 0 Å². The predicted molar refractivity (Wildman–Crippen MR) is 71.2 cm³/mol. The lowest BCUT2D eigenvalue weighted by Gasteiger charge is -2.26. The summed E-state index contributed by atoms with van der Waals surface area (Å²) in [6.07, 6.45) is 5.49. The Morgan fingerprint density at radius 3 is 3.00 bits per heavy atom. The zero-order valence-electron chi connectivity index (χ0n) is 11.4. The van der Waals surface area contributed by atoms with Gasteiger partial charge in [0.2, 0.25) is 5.91 Å². The lowest BCUT2D eigenvalue weighted by molar-refractivity contribution is -0.132. The number of carbonyl (C=O) groups is 1. The summed E-state index contributed by atoms with van der Waals surface area (Å²) < 4.78 is 0. The van der Waals surface area contributed by atoms with Gasteiger partial charge in [0.15, 0.2) is 0 Å². The van der Waals surface area contributed by atoms with E-state index in [1.54, 1.807) is 0 Å². The molecule has 104 valence electrons. The SMILES string of the molecule is CC(O)CC1CCCN1C(=O)CCC1CCNC1. The maximum atomic E-state index is 12.2. The van der Waals surface area contributed by atoms with Crippen molar-refractivity contribution in [3.8, 4) is 0 Å². The first-order valence-corrected chi connectivity index (χ1v) is 7.35. The highest BCUT2D eigenvalue weighted by Gasteiger charge is 2.29. The van der Waals surface area contributed by atoms with Crippen LogP contribution in [-0.2, 0) is 4.79 Å². The van der Waals surface area contributed by atoms with Crippen LogP contribution < -0.4 is 5.32 Å². The molecule has 4 nitrogen and oxygen atoms in total. The number of aliphatic hydroxyl groups excluding tert-OH is 1. The van der Waals surface area contributed by atoms with Crippen LogP contribution in [0.15, 0.2) is 0 Å². The van der Waals surface area contributed by atoms with Crippen molar-refractivity contribution in [1.82, 2.24) is 10.2 Å². The molecule has 18 heavy (non-hydrogen) atoms. The first kappa shape index (κ1) is 13.8. The van der Waals surface area contributed by atoms with E-state index >= 15 is 0 Å². The van der Waals surface area contributed by atoms with Gasteiger partial charge >= 0.3 is 0 Å². The number of nitrogens with zero attached hydrogens (tertiary/aromatic N) is 1. The first-order valence-electron chi connectivity index (χ1n) is 7.35. The van der Waals surface area contributed by atoms with Gasteiger partial charge in [-0.3, -0.25) is 4.79 Å². The molecular formula is C14H26N2O2. The van der Waals surface area contributed by atoms with Crippen molar-refractivity contribution >= 4 is 5.91 Å². The highest BCUT2D eigenvalue weighted by molar-refractivity contribution is 5.76. The van der Waals surface area contributed by atoms with Gasteiger partial charge in [0, 0.05) is 19.0 Å². The number of likely N-dealkylation sites (tertiary alicyclic amines) is 1. The maximum absolute atomic E-state index is 12.2. The van der Waals surface area contributed by atoms with Crippen LogP contribution >= 0.6 is 0 Å². The van der Waals surface area contributed by atoms with E-state index in [1.807, 2.05) is 11.8 Å². The number of amides is 1. The van der Waals surface area contributed by atoms with Crippen LogP contribution in [0.3, 0.4) is 0 Å². The number of aliphatic hydroxyl groups is 1. The molecule has 2 saturated heterocycles. The highest BCUT2D eigenvalue weighted by Crippen LogP contribution is 2.24. The van der Waals surface area contributed by atoms with Crippen molar-refractivity contribution in [3.05, 3.63) is 0 Å². The Morgan fingerprint density at radius 2 is 2.33 bits per heavy atom. The fourth-order valence-corrected chi connectivity index (χ4v) is 3.23. The largest absolute Gasteiger partial charge is 0.393 e. The summed E-state index contributed by atoms with van der Waals surface area (Å²) in [5.41, 5.74) is 0. The Bertz CT molecular complexity index is 275. The third kappa shape index (κ3) is 3.69. The molecule has 0 aliphatic carbocycles. The second-order valence-corrected chi connectivity index (χ2v) is 5.87. The Labute approximate surface area is 110 Å². The third-order valence-corrected chi connectivity index (χ3v) is 4.24. The molecule has 0 bridgehead atoms. The quantitative estimate of drug-likeness (QED) is 0.773. The Hall–Kier alpha value is -0.610. The molecule has 4 heteroatoms. The molecular weight excluding hydrogens is 228 g/mol. The molecule has 0 aromatic carbocycles. The molecule has 0 radical (unpaired) electrons. The van der Waals surface area contributed by atoms with E-state index in [1.165, 1.54) is 6.42 Å². The molecule has 2 rings (SSSR count). The van der Waals surface area contributed by atoms with E-state index in [0.717, 1.165) is 45.3 Å². The number of carbonyl (C=O) groups excluding carboxylic acids is 1. The van der Waals surface area contributed by atoms with Crippen molar-refractivity contribution in [1.29, 1.82) is 0 Å². The summed E-state index contributed by atoms with van der Waals surface area (Å²) in [4.78, 5) is 14.2. The summed E-state index contributed by atoms with van der Waals surface area (Å²) in [7, 11) is 0. The van der Waals surface area contributed by atoms with Gasteiger partial charge in [-0.15, -0.1) is 0 Å². The van der Waals surface area contributed by atoms with Crippen molar-refractivity contribution in [3.63, 3.8) is 0 Å². The van der Waals surface area contributed by atoms with Gasteiger partial charge in [-0.25, -0.2) is 0 Å². The fourth-order valence-electron chi connectivity index (χ4n) is 3.23. The number of rotatable bonds is 5. The predicted octanol–water partition coefficient (Wildman–Crippen LogP) is 1.14. The summed E-state index contributed by atoms with van der Waals surface area (Å²) in [6, 6.07) is 0.277. The summed E-state index contributed by atoms with van der Waals surface area (Å²) in [6.45, 7) is 4.88. The molecule has 1 amide bonds. The minimum absolute atomic E-state index is 0.277. The Morgan fingerprint density at radius 1 is 1.50 bits per heavy atom. The molecule has 3 unspecified atom stereocenters. The van der Waals surface area contributed by atoms with Crippen molar-refractivity contribution < 1.29 is 9.90 Å². The average Bonchev–Trinajstić information content (AvgIpc) is 2.95. The average molecular weight is 254 g/mol. The van der Waals surface area contributed by atoms with E-state index in [2.05, 4.69) is 5.32 Å². The van der Waals surface area contributed by atoms with Crippen molar-refractivity contribution in [2.45, 2.75) is 57.6 Å². The van der Waals surface area contributed by atoms with Crippen LogP contribution in [0.4, 0.5) is 0 Å². The lowest BCUT2D eigenvalue weighted by Crippen LogP contribution is -2.37. The molecule has 3 atom stereocenters. The van der Waals surface area contributed by atoms with E-state index in [9.17, 15) is 9.90 Å². The zero-order valence-corrected chi connectivity index (χ0v) is 11.4. The number of hydrogen-bond donors (Lipinski definition) is 2. The standard InChI is InChI=1S/C14H26N2O2/c1-11(17)9-13-3-2-8-16(13)14(18)5-4-12-6-7-15-10-12/h11-13,15,17H,2-10H2,1H3. The van der Waals surface area contributed by atoms with Crippen LogP contribution in [0.1, 0.15) is 45.4 Å². The molecule has 2 N–H and O–H groups in total. The minimum Gasteiger partial charge on any atom is -0.393 e. The van der Waals surface area contributed by atoms with Gasteiger partial charge in [-0.05, 0) is 58.0 Å². The van der Waals surface area contributed by atoms with Gasteiger partial charge < -0.3 is 15.3 Å². The Balaban J connectivity index is 1.76. The molecule has 0 spiro atoms. The van der Waals surface area contributed by atoms with Gasteiger partial charge in [0.25, 0.3) is 0 Å². The van der Waals surface area contributed by atoms with Crippen molar-refractivity contribution in [2.75, 3.05) is 19.6 Å². The van der Waals surface area contributed by atoms with Crippen LogP contribution in [-0.4, -0.2) is 47.7 Å². The van der Waals surface area contributed by atoms with Gasteiger partial charge in [-0.2, -0.15) is 0 Å². The second kappa shape index (κ2) is 6.53. The number of nitrogens with one attached hydrogen (secondary N) is 1.